The van der Waals surface area contributed by atoms with Gasteiger partial charge in [0.25, 0.3) is 5.91 Å². The van der Waals surface area contributed by atoms with Crippen LogP contribution in [-0.4, -0.2) is 13.0 Å². The topological polar surface area (TPSA) is 38.3 Å². The first kappa shape index (κ1) is 14.5. The van der Waals surface area contributed by atoms with E-state index in [1.807, 2.05) is 0 Å². The average molecular weight is 338 g/mol. The van der Waals surface area contributed by atoms with Gasteiger partial charge >= 0.3 is 0 Å². The minimum absolute atomic E-state index is 0.264. The van der Waals surface area contributed by atoms with E-state index in [1.54, 1.807) is 38.3 Å². The molecule has 0 saturated heterocycles. The third-order valence-corrected chi connectivity index (χ3v) is 3.45. The minimum Gasteiger partial charge on any atom is -0.496 e. The van der Waals surface area contributed by atoms with Crippen LogP contribution in [0, 0.1) is 12.7 Å². The zero-order chi connectivity index (χ0) is 14.7. The largest absolute Gasteiger partial charge is 0.496 e. The molecule has 0 bridgehead atoms. The lowest BCUT2D eigenvalue weighted by atomic mass is 10.1. The monoisotopic (exact) mass is 337 g/mol. The van der Waals surface area contributed by atoms with E-state index in [0.29, 0.717) is 27.0 Å². The molecule has 1 N–H and O–H groups in total. The number of nitrogens with one attached hydrogen (secondary N) is 1. The Balaban J connectivity index is 2.19. The van der Waals surface area contributed by atoms with Crippen LogP contribution in [0.25, 0.3) is 0 Å². The summed E-state index contributed by atoms with van der Waals surface area (Å²) in [6, 6.07) is 9.48. The summed E-state index contributed by atoms with van der Waals surface area (Å²) in [5.41, 5.74) is 1.53. The van der Waals surface area contributed by atoms with Gasteiger partial charge in [-0.1, -0.05) is 0 Å². The van der Waals surface area contributed by atoms with Crippen molar-refractivity contribution in [1.82, 2.24) is 0 Å². The van der Waals surface area contributed by atoms with E-state index in [1.165, 1.54) is 12.1 Å². The molecule has 104 valence electrons. The third kappa shape index (κ3) is 3.17. The molecule has 20 heavy (non-hydrogen) atoms. The van der Waals surface area contributed by atoms with E-state index in [0.717, 1.165) is 0 Å². The van der Waals surface area contributed by atoms with Gasteiger partial charge in [-0.2, -0.15) is 0 Å². The number of hydrogen-bond acceptors (Lipinski definition) is 2. The average Bonchev–Trinajstić information content (AvgIpc) is 2.42. The van der Waals surface area contributed by atoms with Crippen LogP contribution in [0.2, 0.25) is 0 Å². The van der Waals surface area contributed by atoms with Crippen molar-refractivity contribution < 1.29 is 13.9 Å². The SMILES string of the molecule is COc1ccc(C(=O)Nc2ccc(F)c(C)c2)cc1Br. The highest BCUT2D eigenvalue weighted by Gasteiger charge is 2.10. The highest BCUT2D eigenvalue weighted by molar-refractivity contribution is 9.10. The fourth-order valence-corrected chi connectivity index (χ4v) is 2.27. The number of aryl methyl sites for hydroxylation is 1. The number of hydrogen-bond donors (Lipinski definition) is 1. The van der Waals surface area contributed by atoms with Crippen molar-refractivity contribution in [3.8, 4) is 5.75 Å². The number of methoxy groups -OCH3 is 1. The number of rotatable bonds is 3. The molecule has 0 aromatic heterocycles. The van der Waals surface area contributed by atoms with Crippen molar-refractivity contribution in [1.29, 1.82) is 0 Å². The molecule has 0 aliphatic heterocycles. The van der Waals surface area contributed by atoms with Gasteiger partial charge in [-0.15, -0.1) is 0 Å². The first-order chi connectivity index (χ1) is 9.51. The lowest BCUT2D eigenvalue weighted by Gasteiger charge is -2.08. The van der Waals surface area contributed by atoms with Crippen molar-refractivity contribution in [3.63, 3.8) is 0 Å². The zero-order valence-corrected chi connectivity index (χ0v) is 12.6. The van der Waals surface area contributed by atoms with E-state index in [-0.39, 0.29) is 11.7 Å². The number of halogens is 2. The highest BCUT2D eigenvalue weighted by Crippen LogP contribution is 2.26. The standard InChI is InChI=1S/C15H13BrFNO2/c1-9-7-11(4-5-13(9)17)18-15(19)10-3-6-14(20-2)12(16)8-10/h3-8H,1-2H3,(H,18,19). The second kappa shape index (κ2) is 6.05. The molecule has 0 radical (unpaired) electrons. The quantitative estimate of drug-likeness (QED) is 0.913. The van der Waals surface area contributed by atoms with Crippen LogP contribution >= 0.6 is 15.9 Å². The molecule has 3 nitrogen and oxygen atoms in total. The van der Waals surface area contributed by atoms with Gasteiger partial charge in [0.2, 0.25) is 0 Å². The van der Waals surface area contributed by atoms with E-state index in [9.17, 15) is 9.18 Å². The van der Waals surface area contributed by atoms with Gasteiger partial charge in [0, 0.05) is 11.3 Å². The number of carbonyl (C=O) groups is 1. The predicted octanol–water partition coefficient (Wildman–Crippen LogP) is 4.16. The summed E-state index contributed by atoms with van der Waals surface area (Å²) in [5, 5.41) is 2.72. The first-order valence-electron chi connectivity index (χ1n) is 5.92. The Hall–Kier alpha value is -1.88. The number of amides is 1. The number of carbonyl (C=O) groups excluding carboxylic acids is 1. The molecule has 0 saturated carbocycles. The minimum atomic E-state index is -0.296. The second-order valence-electron chi connectivity index (χ2n) is 4.27. The Kier molecular flexibility index (Phi) is 4.39. The molecule has 2 aromatic rings. The van der Waals surface area contributed by atoms with Gasteiger partial charge in [-0.3, -0.25) is 4.79 Å². The normalized spacial score (nSPS) is 10.2. The van der Waals surface area contributed by atoms with Crippen LogP contribution in [-0.2, 0) is 0 Å². The third-order valence-electron chi connectivity index (χ3n) is 2.83. The molecule has 0 heterocycles. The maximum absolute atomic E-state index is 13.2. The Labute approximate surface area is 124 Å². The van der Waals surface area contributed by atoms with Crippen LogP contribution in [0.5, 0.6) is 5.75 Å². The number of ether oxygens (including phenoxy) is 1. The predicted molar refractivity (Wildman–Crippen MR) is 79.8 cm³/mol. The second-order valence-corrected chi connectivity index (χ2v) is 5.12. The summed E-state index contributed by atoms with van der Waals surface area (Å²) in [7, 11) is 1.56. The number of benzene rings is 2. The lowest BCUT2D eigenvalue weighted by molar-refractivity contribution is 0.102. The van der Waals surface area contributed by atoms with Crippen molar-refractivity contribution in [3.05, 3.63) is 57.8 Å². The molecule has 2 aromatic carbocycles. The summed E-state index contributed by atoms with van der Waals surface area (Å²) >= 11 is 3.33. The number of anilines is 1. The summed E-state index contributed by atoms with van der Waals surface area (Å²) in [4.78, 5) is 12.1. The molecule has 0 unspecified atom stereocenters. The van der Waals surface area contributed by atoms with E-state index in [4.69, 9.17) is 4.74 Å². The summed E-state index contributed by atoms with van der Waals surface area (Å²) in [6.45, 7) is 1.65. The van der Waals surface area contributed by atoms with Crippen LogP contribution in [0.1, 0.15) is 15.9 Å². The molecule has 2 rings (SSSR count). The van der Waals surface area contributed by atoms with Gasteiger partial charge in [0.1, 0.15) is 11.6 Å². The van der Waals surface area contributed by atoms with Crippen molar-refractivity contribution >= 4 is 27.5 Å². The summed E-state index contributed by atoms with van der Waals surface area (Å²) in [5.74, 6) is 0.0914. The Morgan fingerprint density at radius 1 is 1.25 bits per heavy atom. The van der Waals surface area contributed by atoms with Gasteiger partial charge in [0.15, 0.2) is 0 Å². The van der Waals surface area contributed by atoms with Crippen molar-refractivity contribution in [2.24, 2.45) is 0 Å². The maximum atomic E-state index is 13.2. The van der Waals surface area contributed by atoms with Crippen LogP contribution < -0.4 is 10.1 Å². The molecular formula is C15H13BrFNO2. The van der Waals surface area contributed by atoms with Crippen molar-refractivity contribution in [2.75, 3.05) is 12.4 Å². The maximum Gasteiger partial charge on any atom is 0.255 e. The smallest absolute Gasteiger partial charge is 0.255 e. The fourth-order valence-electron chi connectivity index (χ4n) is 1.73. The molecule has 0 aliphatic rings. The summed E-state index contributed by atoms with van der Waals surface area (Å²) in [6.07, 6.45) is 0. The van der Waals surface area contributed by atoms with E-state index < -0.39 is 0 Å². The van der Waals surface area contributed by atoms with E-state index in [2.05, 4.69) is 21.2 Å². The Bertz CT molecular complexity index is 658. The molecular weight excluding hydrogens is 325 g/mol. The van der Waals surface area contributed by atoms with Crippen LogP contribution in [0.15, 0.2) is 40.9 Å². The molecule has 0 atom stereocenters. The Morgan fingerprint density at radius 3 is 2.60 bits per heavy atom. The van der Waals surface area contributed by atoms with Crippen molar-refractivity contribution in [2.45, 2.75) is 6.92 Å². The lowest BCUT2D eigenvalue weighted by Crippen LogP contribution is -2.12. The molecule has 5 heteroatoms. The summed E-state index contributed by atoms with van der Waals surface area (Å²) < 4.78 is 19.0. The van der Waals surface area contributed by atoms with Gasteiger partial charge in [-0.05, 0) is 64.8 Å². The van der Waals surface area contributed by atoms with Gasteiger partial charge in [-0.25, -0.2) is 4.39 Å². The Morgan fingerprint density at radius 2 is 2.00 bits per heavy atom. The molecule has 1 amide bonds. The van der Waals surface area contributed by atoms with Crippen LogP contribution in [0.3, 0.4) is 0 Å². The zero-order valence-electron chi connectivity index (χ0n) is 11.0. The van der Waals surface area contributed by atoms with E-state index >= 15 is 0 Å². The molecule has 0 aliphatic carbocycles. The molecule has 0 spiro atoms. The fraction of sp³-hybridized carbons (Fsp3) is 0.133. The van der Waals surface area contributed by atoms with Gasteiger partial charge in [0.05, 0.1) is 11.6 Å². The van der Waals surface area contributed by atoms with Crippen LogP contribution in [0.4, 0.5) is 10.1 Å². The molecule has 0 fully saturated rings. The highest BCUT2D eigenvalue weighted by atomic mass is 79.9. The first-order valence-corrected chi connectivity index (χ1v) is 6.71. The van der Waals surface area contributed by atoms with Gasteiger partial charge < -0.3 is 10.1 Å².